The molecule has 1 aliphatic rings. The first-order chi connectivity index (χ1) is 9.60. The highest BCUT2D eigenvalue weighted by Crippen LogP contribution is 2.33. The Kier molecular flexibility index (Phi) is 5.08. The summed E-state index contributed by atoms with van der Waals surface area (Å²) in [7, 11) is 1.66. The SMILES string of the molecule is COCCn1cc(CNC(=O)C2=C(N)SC(C)C2)cn1. The molecule has 3 N–H and O–H groups in total. The Morgan fingerprint density at radius 2 is 2.50 bits per heavy atom. The van der Waals surface area contributed by atoms with Gasteiger partial charge in [0.05, 0.1) is 24.4 Å². The molecule has 2 heterocycles. The molecule has 1 aromatic rings. The summed E-state index contributed by atoms with van der Waals surface area (Å²) in [5.74, 6) is -0.0796. The maximum Gasteiger partial charge on any atom is 0.250 e. The van der Waals surface area contributed by atoms with Crippen LogP contribution in [-0.2, 0) is 22.6 Å². The molecule has 1 unspecified atom stereocenters. The lowest BCUT2D eigenvalue weighted by molar-refractivity contribution is -0.117. The number of rotatable bonds is 6. The van der Waals surface area contributed by atoms with Crippen LogP contribution < -0.4 is 11.1 Å². The number of hydrogen-bond donors (Lipinski definition) is 2. The van der Waals surface area contributed by atoms with Gasteiger partial charge in [-0.2, -0.15) is 5.10 Å². The molecular formula is C13H20N4O2S. The number of ether oxygens (including phenoxy) is 1. The zero-order chi connectivity index (χ0) is 14.5. The highest BCUT2D eigenvalue weighted by Gasteiger charge is 2.24. The van der Waals surface area contributed by atoms with Crippen molar-refractivity contribution in [3.63, 3.8) is 0 Å². The van der Waals surface area contributed by atoms with Gasteiger partial charge in [-0.05, 0) is 6.42 Å². The van der Waals surface area contributed by atoms with Gasteiger partial charge in [0.15, 0.2) is 0 Å². The zero-order valence-corrected chi connectivity index (χ0v) is 12.6. The molecule has 1 atom stereocenters. The zero-order valence-electron chi connectivity index (χ0n) is 11.8. The molecule has 0 aliphatic carbocycles. The molecule has 110 valence electrons. The van der Waals surface area contributed by atoms with E-state index in [-0.39, 0.29) is 5.91 Å². The number of aromatic nitrogens is 2. The van der Waals surface area contributed by atoms with Gasteiger partial charge in [-0.15, -0.1) is 11.8 Å². The van der Waals surface area contributed by atoms with Gasteiger partial charge in [-0.1, -0.05) is 6.92 Å². The van der Waals surface area contributed by atoms with Gasteiger partial charge in [0.2, 0.25) is 5.91 Å². The summed E-state index contributed by atoms with van der Waals surface area (Å²) in [6.45, 7) is 3.85. The van der Waals surface area contributed by atoms with Gasteiger partial charge in [-0.25, -0.2) is 0 Å². The van der Waals surface area contributed by atoms with E-state index in [0.29, 0.717) is 35.5 Å². The smallest absolute Gasteiger partial charge is 0.250 e. The molecule has 0 saturated heterocycles. The molecule has 0 spiro atoms. The van der Waals surface area contributed by atoms with Crippen LogP contribution in [0.1, 0.15) is 18.9 Å². The topological polar surface area (TPSA) is 82.2 Å². The van der Waals surface area contributed by atoms with E-state index >= 15 is 0 Å². The van der Waals surface area contributed by atoms with E-state index in [1.54, 1.807) is 29.8 Å². The van der Waals surface area contributed by atoms with Crippen LogP contribution in [0.5, 0.6) is 0 Å². The van der Waals surface area contributed by atoms with Crippen LogP contribution in [0.2, 0.25) is 0 Å². The van der Waals surface area contributed by atoms with Crippen LogP contribution in [0, 0.1) is 0 Å². The fourth-order valence-electron chi connectivity index (χ4n) is 2.02. The van der Waals surface area contributed by atoms with E-state index in [0.717, 1.165) is 12.0 Å². The second-order valence-corrected chi connectivity index (χ2v) is 6.24. The lowest BCUT2D eigenvalue weighted by Gasteiger charge is -2.05. The Morgan fingerprint density at radius 1 is 1.70 bits per heavy atom. The minimum Gasteiger partial charge on any atom is -0.393 e. The Balaban J connectivity index is 1.84. The van der Waals surface area contributed by atoms with Crippen LogP contribution in [0.15, 0.2) is 23.0 Å². The molecule has 0 radical (unpaired) electrons. The normalized spacial score (nSPS) is 18.6. The Bertz CT molecular complexity index is 512. The third-order valence-corrected chi connectivity index (χ3v) is 4.12. The van der Waals surface area contributed by atoms with E-state index < -0.39 is 0 Å². The van der Waals surface area contributed by atoms with Crippen molar-refractivity contribution in [2.24, 2.45) is 5.73 Å². The minimum atomic E-state index is -0.0796. The number of hydrogen-bond acceptors (Lipinski definition) is 5. The summed E-state index contributed by atoms with van der Waals surface area (Å²) in [6, 6.07) is 0. The third kappa shape index (κ3) is 3.77. The highest BCUT2D eigenvalue weighted by molar-refractivity contribution is 8.03. The second kappa shape index (κ2) is 6.81. The van der Waals surface area contributed by atoms with Crippen molar-refractivity contribution in [2.75, 3.05) is 13.7 Å². The van der Waals surface area contributed by atoms with Crippen LogP contribution in [0.3, 0.4) is 0 Å². The summed E-state index contributed by atoms with van der Waals surface area (Å²) in [6.07, 6.45) is 4.39. The van der Waals surface area contributed by atoms with E-state index in [2.05, 4.69) is 17.3 Å². The maximum atomic E-state index is 12.0. The number of thioether (sulfide) groups is 1. The quantitative estimate of drug-likeness (QED) is 0.813. The van der Waals surface area contributed by atoms with Crippen LogP contribution >= 0.6 is 11.8 Å². The molecule has 7 heteroatoms. The third-order valence-electron chi connectivity index (χ3n) is 3.06. The number of carbonyl (C=O) groups is 1. The molecule has 0 saturated carbocycles. The van der Waals surface area contributed by atoms with E-state index in [1.807, 2.05) is 6.20 Å². The van der Waals surface area contributed by atoms with Gasteiger partial charge in [-0.3, -0.25) is 9.48 Å². The summed E-state index contributed by atoms with van der Waals surface area (Å²) < 4.78 is 6.79. The van der Waals surface area contributed by atoms with Crippen molar-refractivity contribution in [3.8, 4) is 0 Å². The maximum absolute atomic E-state index is 12.0. The fourth-order valence-corrected chi connectivity index (χ4v) is 3.02. The number of carbonyl (C=O) groups excluding carboxylic acids is 1. The molecule has 1 aliphatic heterocycles. The lowest BCUT2D eigenvalue weighted by Crippen LogP contribution is -2.25. The van der Waals surface area contributed by atoms with Gasteiger partial charge < -0.3 is 15.8 Å². The minimum absolute atomic E-state index is 0.0796. The van der Waals surface area contributed by atoms with E-state index in [9.17, 15) is 4.79 Å². The number of nitrogens with two attached hydrogens (primary N) is 1. The van der Waals surface area contributed by atoms with Crippen LogP contribution in [-0.4, -0.2) is 34.7 Å². The van der Waals surface area contributed by atoms with Crippen molar-refractivity contribution in [2.45, 2.75) is 31.7 Å². The van der Waals surface area contributed by atoms with Crippen molar-refractivity contribution >= 4 is 17.7 Å². The first kappa shape index (κ1) is 14.9. The monoisotopic (exact) mass is 296 g/mol. The van der Waals surface area contributed by atoms with Crippen molar-refractivity contribution in [1.82, 2.24) is 15.1 Å². The molecular weight excluding hydrogens is 276 g/mol. The summed E-state index contributed by atoms with van der Waals surface area (Å²) in [5.41, 5.74) is 7.52. The number of nitrogens with one attached hydrogen (secondary N) is 1. The lowest BCUT2D eigenvalue weighted by atomic mass is 10.1. The predicted molar refractivity (Wildman–Crippen MR) is 78.8 cm³/mol. The van der Waals surface area contributed by atoms with E-state index in [1.165, 1.54) is 0 Å². The fraction of sp³-hybridized carbons (Fsp3) is 0.538. The number of nitrogens with zero attached hydrogens (tertiary/aromatic N) is 2. The number of methoxy groups -OCH3 is 1. The second-order valence-electron chi connectivity index (χ2n) is 4.76. The molecule has 20 heavy (non-hydrogen) atoms. The summed E-state index contributed by atoms with van der Waals surface area (Å²) >= 11 is 1.56. The Hall–Kier alpha value is -1.47. The van der Waals surface area contributed by atoms with Crippen molar-refractivity contribution < 1.29 is 9.53 Å². The molecule has 1 amide bonds. The van der Waals surface area contributed by atoms with Crippen LogP contribution in [0.4, 0.5) is 0 Å². The first-order valence-corrected chi connectivity index (χ1v) is 7.42. The van der Waals surface area contributed by atoms with Crippen LogP contribution in [0.25, 0.3) is 0 Å². The molecule has 0 aromatic carbocycles. The molecule has 1 aromatic heterocycles. The Labute approximate surface area is 122 Å². The van der Waals surface area contributed by atoms with Crippen molar-refractivity contribution in [3.05, 3.63) is 28.6 Å². The average molecular weight is 296 g/mol. The largest absolute Gasteiger partial charge is 0.393 e. The highest BCUT2D eigenvalue weighted by atomic mass is 32.2. The van der Waals surface area contributed by atoms with Gasteiger partial charge >= 0.3 is 0 Å². The van der Waals surface area contributed by atoms with Gasteiger partial charge in [0, 0.05) is 36.2 Å². The van der Waals surface area contributed by atoms with Gasteiger partial charge in [0.1, 0.15) is 0 Å². The molecule has 6 nitrogen and oxygen atoms in total. The molecule has 0 fully saturated rings. The standard InChI is InChI=1S/C13H20N4O2S/c1-9-5-11(12(14)20-9)13(18)15-6-10-7-16-17(8-10)3-4-19-2/h7-9H,3-6,14H2,1-2H3,(H,15,18). The predicted octanol–water partition coefficient (Wildman–Crippen LogP) is 0.841. The molecule has 0 bridgehead atoms. The van der Waals surface area contributed by atoms with Crippen molar-refractivity contribution in [1.29, 1.82) is 0 Å². The number of amides is 1. The Morgan fingerprint density at radius 3 is 3.15 bits per heavy atom. The first-order valence-electron chi connectivity index (χ1n) is 6.54. The summed E-state index contributed by atoms with van der Waals surface area (Å²) in [4.78, 5) is 12.0. The van der Waals surface area contributed by atoms with E-state index in [4.69, 9.17) is 10.5 Å². The van der Waals surface area contributed by atoms with Gasteiger partial charge in [0.25, 0.3) is 0 Å². The molecule has 2 rings (SSSR count). The summed E-state index contributed by atoms with van der Waals surface area (Å²) in [5, 5.41) is 8.11. The average Bonchev–Trinajstić information content (AvgIpc) is 3.00.